The molecule has 0 aliphatic rings. The van der Waals surface area contributed by atoms with E-state index in [9.17, 15) is 19.2 Å². The minimum atomic E-state index is -0.0772. The van der Waals surface area contributed by atoms with Crippen molar-refractivity contribution >= 4 is 91.0 Å². The van der Waals surface area contributed by atoms with Gasteiger partial charge in [-0.15, -0.1) is 0 Å². The fraction of sp³-hybridized carbons (Fsp3) is 0.784. The van der Waals surface area contributed by atoms with Gasteiger partial charge < -0.3 is 19.6 Å². The summed E-state index contributed by atoms with van der Waals surface area (Å²) in [5, 5.41) is 4.14. The first-order valence-corrected chi connectivity index (χ1v) is 39.2. The van der Waals surface area contributed by atoms with Crippen LogP contribution in [0.25, 0.3) is 0 Å². The Morgan fingerprint density at radius 3 is 0.856 bits per heavy atom. The molecule has 4 aromatic rings. The summed E-state index contributed by atoms with van der Waals surface area (Å²) in [5.74, 6) is 0.445. The Bertz CT molecular complexity index is 2500. The normalized spacial score (nSPS) is 12.3. The average molecular weight is 1330 g/mol. The molecule has 516 valence electrons. The monoisotopic (exact) mass is 1320 g/mol. The summed E-state index contributed by atoms with van der Waals surface area (Å²) in [6, 6.07) is 0. The number of nitrogens with zero attached hydrogens (tertiary/aromatic N) is 8. The quantitative estimate of drug-likeness (QED) is 0.0390. The van der Waals surface area contributed by atoms with E-state index < -0.39 is 0 Å². The second kappa shape index (κ2) is 45.7. The van der Waals surface area contributed by atoms with Crippen LogP contribution in [-0.4, -0.2) is 97.4 Å². The zero-order valence-electron chi connectivity index (χ0n) is 61.4. The number of unbranched alkanes of at least 4 members (excludes halogenated alkanes) is 9. The molecule has 0 aliphatic heterocycles. The van der Waals surface area contributed by atoms with E-state index in [1.807, 2.05) is 0 Å². The predicted molar refractivity (Wildman–Crippen MR) is 399 cm³/mol. The number of aromatic nitrogens is 4. The van der Waals surface area contributed by atoms with Crippen molar-refractivity contribution in [2.45, 2.75) is 321 Å². The van der Waals surface area contributed by atoms with E-state index in [1.165, 1.54) is 116 Å². The van der Waals surface area contributed by atoms with Gasteiger partial charge in [0.1, 0.15) is 0 Å². The summed E-state index contributed by atoms with van der Waals surface area (Å²) in [5.41, 5.74) is 3.96. The highest BCUT2D eigenvalue weighted by Crippen LogP contribution is 2.42. The molecule has 4 aromatic heterocycles. The number of hydrogen-bond donors (Lipinski definition) is 0. The van der Waals surface area contributed by atoms with E-state index in [1.54, 1.807) is 45.3 Å². The Balaban J connectivity index is 0.000000601. The van der Waals surface area contributed by atoms with E-state index in [2.05, 4.69) is 165 Å². The third-order valence-corrected chi connectivity index (χ3v) is 23.0. The SMILES string of the molecule is CCCCN(CCCC)c1nc(C(C)(C)C(C)C)c(C=O)s1.CCCCN(CCCC)c1nc(C(C)(C)CC)c(C=O)s1.CCCCN(CCCC)c1nc(C(C)(CC)CCCC)c(C=O)s1.CCCCN(CCCC)c1nc(C(CC)(CC)CC)c(C=O)s1. The van der Waals surface area contributed by atoms with Gasteiger partial charge in [0.15, 0.2) is 45.7 Å². The van der Waals surface area contributed by atoms with Gasteiger partial charge in [-0.2, -0.15) is 0 Å². The van der Waals surface area contributed by atoms with Crippen molar-refractivity contribution in [3.63, 3.8) is 0 Å². The first-order chi connectivity index (χ1) is 43.0. The van der Waals surface area contributed by atoms with Crippen molar-refractivity contribution in [2.75, 3.05) is 72.0 Å². The minimum Gasteiger partial charge on any atom is -0.348 e. The topological polar surface area (TPSA) is 133 Å². The third-order valence-electron chi connectivity index (χ3n) is 18.9. The number of rotatable bonds is 45. The van der Waals surface area contributed by atoms with Crippen molar-refractivity contribution in [3.05, 3.63) is 42.3 Å². The molecular weight excluding hydrogens is 1190 g/mol. The van der Waals surface area contributed by atoms with Gasteiger partial charge in [0.05, 0.1) is 42.3 Å². The molecule has 4 heterocycles. The summed E-state index contributed by atoms with van der Waals surface area (Å²) in [7, 11) is 0. The number of anilines is 4. The van der Waals surface area contributed by atoms with Gasteiger partial charge >= 0.3 is 0 Å². The van der Waals surface area contributed by atoms with Crippen molar-refractivity contribution < 1.29 is 19.2 Å². The molecule has 1 atom stereocenters. The highest BCUT2D eigenvalue weighted by molar-refractivity contribution is 7.18. The molecule has 16 heteroatoms. The number of aldehydes is 4. The lowest BCUT2D eigenvalue weighted by atomic mass is 9.76. The largest absolute Gasteiger partial charge is 0.348 e. The molecule has 0 spiro atoms. The Labute approximate surface area is 567 Å². The fourth-order valence-corrected chi connectivity index (χ4v) is 15.0. The molecule has 0 aliphatic carbocycles. The fourth-order valence-electron chi connectivity index (χ4n) is 10.6. The van der Waals surface area contributed by atoms with Gasteiger partial charge in [-0.25, -0.2) is 19.9 Å². The maximum absolute atomic E-state index is 11.7. The van der Waals surface area contributed by atoms with E-state index in [0.717, 1.165) is 179 Å². The van der Waals surface area contributed by atoms with Crippen LogP contribution in [0.1, 0.15) is 361 Å². The summed E-state index contributed by atoms with van der Waals surface area (Å²) in [6.45, 7) is 54.6. The second-order valence-electron chi connectivity index (χ2n) is 26.6. The van der Waals surface area contributed by atoms with Gasteiger partial charge in [0.2, 0.25) is 0 Å². The molecule has 0 aromatic carbocycles. The molecule has 0 bridgehead atoms. The highest BCUT2D eigenvalue weighted by Gasteiger charge is 2.35. The number of carbonyl (C=O) groups excluding carboxylic acids is 4. The second-order valence-corrected chi connectivity index (χ2v) is 30.6. The van der Waals surface area contributed by atoms with Crippen molar-refractivity contribution in [2.24, 2.45) is 5.92 Å². The van der Waals surface area contributed by atoms with Gasteiger partial charge in [0.25, 0.3) is 0 Å². The summed E-state index contributed by atoms with van der Waals surface area (Å²) < 4.78 is 0. The van der Waals surface area contributed by atoms with Gasteiger partial charge in [0, 0.05) is 74.0 Å². The van der Waals surface area contributed by atoms with Crippen molar-refractivity contribution in [1.29, 1.82) is 0 Å². The highest BCUT2D eigenvalue weighted by atomic mass is 32.1. The smallest absolute Gasteiger partial charge is 0.186 e. The van der Waals surface area contributed by atoms with E-state index in [4.69, 9.17) is 19.9 Å². The average Bonchev–Trinajstić information content (AvgIpc) is 1.70. The lowest BCUT2D eigenvalue weighted by Crippen LogP contribution is -2.28. The van der Waals surface area contributed by atoms with Crippen molar-refractivity contribution in [3.8, 4) is 0 Å². The molecule has 4 rings (SSSR count). The Morgan fingerprint density at radius 1 is 0.344 bits per heavy atom. The minimum absolute atomic E-state index is 0.0161. The third kappa shape index (κ3) is 26.0. The number of thiazole rings is 4. The summed E-state index contributed by atoms with van der Waals surface area (Å²) >= 11 is 6.30. The standard InChI is InChI=1S/C20H36N2OS.C19H34N2OS.C18H32N2OS.C17H30N2OS/c1-6-10-13-20(5,9-4)18-17(16-23)24-19(21-18)22(14-11-7-2)15-12-8-3;1-6-11-13-21(14-12-7-2)18-20-17(16(15-22)23-18)19(8-3,9-4)10-5;1-7-9-11-20(12-10-8-2)17-19-16(15(13-21)22-17)18(5,6)14(3)4;1-6-9-11-19(12-10-7-2)16-18-15(14(13-20)21-16)17(4,5)8-3/h16H,6-15H2,1-5H3;15H,6-14H2,1-5H3;13-14H,7-12H2,1-6H3;13H,6-12H2,1-5H3. The molecule has 90 heavy (non-hydrogen) atoms. The molecule has 0 N–H and O–H groups in total. The number of hydrogen-bond acceptors (Lipinski definition) is 16. The Morgan fingerprint density at radius 2 is 0.600 bits per heavy atom. The van der Waals surface area contributed by atoms with E-state index >= 15 is 0 Å². The Hall–Kier alpha value is -3.60. The zero-order valence-corrected chi connectivity index (χ0v) is 64.6. The lowest BCUT2D eigenvalue weighted by Gasteiger charge is -2.29. The first kappa shape index (κ1) is 84.4. The predicted octanol–water partition coefficient (Wildman–Crippen LogP) is 22.4. The van der Waals surface area contributed by atoms with Crippen LogP contribution < -0.4 is 19.6 Å². The van der Waals surface area contributed by atoms with Crippen molar-refractivity contribution in [1.82, 2.24) is 19.9 Å². The lowest BCUT2D eigenvalue weighted by molar-refractivity contribution is 0.111. The molecule has 0 amide bonds. The molecule has 12 nitrogen and oxygen atoms in total. The van der Waals surface area contributed by atoms with Crippen LogP contribution in [0.15, 0.2) is 0 Å². The summed E-state index contributed by atoms with van der Waals surface area (Å²) in [6.07, 6.45) is 31.5. The van der Waals surface area contributed by atoms with Crippen LogP contribution in [-0.2, 0) is 21.7 Å². The van der Waals surface area contributed by atoms with E-state index in [-0.39, 0.29) is 21.7 Å². The van der Waals surface area contributed by atoms with Crippen LogP contribution >= 0.6 is 45.3 Å². The van der Waals surface area contributed by atoms with Crippen LogP contribution in [0.3, 0.4) is 0 Å². The molecule has 0 saturated heterocycles. The van der Waals surface area contributed by atoms with Gasteiger partial charge in [-0.3, -0.25) is 19.2 Å². The van der Waals surface area contributed by atoms with Crippen LogP contribution in [0, 0.1) is 5.92 Å². The van der Waals surface area contributed by atoms with Crippen LogP contribution in [0.5, 0.6) is 0 Å². The van der Waals surface area contributed by atoms with Gasteiger partial charge in [-0.05, 0) is 95.8 Å². The maximum atomic E-state index is 11.7. The van der Waals surface area contributed by atoms with Crippen LogP contribution in [0.4, 0.5) is 20.5 Å². The zero-order chi connectivity index (χ0) is 67.9. The molecule has 1 unspecified atom stereocenters. The number of carbonyl (C=O) groups is 4. The first-order valence-electron chi connectivity index (χ1n) is 35.9. The van der Waals surface area contributed by atoms with Gasteiger partial charge in [-0.1, -0.05) is 255 Å². The Kier molecular flexibility index (Phi) is 42.8. The molecule has 0 fully saturated rings. The maximum Gasteiger partial charge on any atom is 0.186 e. The van der Waals surface area contributed by atoms with Crippen LogP contribution in [0.2, 0.25) is 0 Å². The summed E-state index contributed by atoms with van der Waals surface area (Å²) in [4.78, 5) is 78.7. The molecule has 0 saturated carbocycles. The molecule has 0 radical (unpaired) electrons. The van der Waals surface area contributed by atoms with E-state index in [0.29, 0.717) is 5.92 Å². The molecular formula is C74H132N8O4S4.